The maximum atomic E-state index is 12.4. The minimum Gasteiger partial charge on any atom is -0.352 e. The SMILES string of the molecule is CC(NC(=O)C1(C)CCCN1)C1CC2CCC1C2. The van der Waals surface area contributed by atoms with E-state index >= 15 is 0 Å². The minimum atomic E-state index is -0.314. The van der Waals surface area contributed by atoms with Crippen LogP contribution in [0.5, 0.6) is 0 Å². The highest BCUT2D eigenvalue weighted by molar-refractivity contribution is 5.86. The summed E-state index contributed by atoms with van der Waals surface area (Å²) in [5.74, 6) is 2.79. The van der Waals surface area contributed by atoms with Gasteiger partial charge in [0, 0.05) is 6.04 Å². The molecule has 0 aromatic rings. The van der Waals surface area contributed by atoms with Gasteiger partial charge in [-0.2, -0.15) is 0 Å². The van der Waals surface area contributed by atoms with Gasteiger partial charge in [0.25, 0.3) is 0 Å². The van der Waals surface area contributed by atoms with Crippen LogP contribution in [0.15, 0.2) is 0 Å². The third-order valence-electron chi connectivity index (χ3n) is 5.66. The van der Waals surface area contributed by atoms with Gasteiger partial charge >= 0.3 is 0 Å². The molecule has 0 spiro atoms. The van der Waals surface area contributed by atoms with Crippen LogP contribution in [0, 0.1) is 17.8 Å². The summed E-state index contributed by atoms with van der Waals surface area (Å²) < 4.78 is 0. The first-order chi connectivity index (χ1) is 8.58. The van der Waals surface area contributed by atoms with Crippen molar-refractivity contribution < 1.29 is 4.79 Å². The fraction of sp³-hybridized carbons (Fsp3) is 0.933. The van der Waals surface area contributed by atoms with Gasteiger partial charge in [0.1, 0.15) is 0 Å². The molecule has 0 aromatic heterocycles. The molecular weight excluding hydrogens is 224 g/mol. The molecule has 1 aliphatic heterocycles. The number of hydrogen-bond donors (Lipinski definition) is 2. The molecule has 2 saturated carbocycles. The zero-order valence-electron chi connectivity index (χ0n) is 11.7. The fourth-order valence-corrected chi connectivity index (χ4v) is 4.47. The average molecular weight is 250 g/mol. The van der Waals surface area contributed by atoms with E-state index in [-0.39, 0.29) is 11.4 Å². The lowest BCUT2D eigenvalue weighted by Crippen LogP contribution is -2.54. The number of carbonyl (C=O) groups is 1. The molecule has 1 saturated heterocycles. The zero-order chi connectivity index (χ0) is 12.8. The Bertz CT molecular complexity index is 335. The monoisotopic (exact) mass is 250 g/mol. The first kappa shape index (κ1) is 12.5. The highest BCUT2D eigenvalue weighted by Gasteiger charge is 2.43. The number of amides is 1. The summed E-state index contributed by atoms with van der Waals surface area (Å²) in [5, 5.41) is 6.64. The maximum absolute atomic E-state index is 12.4. The molecule has 1 amide bonds. The van der Waals surface area contributed by atoms with Crippen LogP contribution >= 0.6 is 0 Å². The van der Waals surface area contributed by atoms with E-state index in [0.717, 1.165) is 37.1 Å². The highest BCUT2D eigenvalue weighted by atomic mass is 16.2. The third-order valence-corrected chi connectivity index (χ3v) is 5.66. The van der Waals surface area contributed by atoms with Gasteiger partial charge in [-0.3, -0.25) is 4.79 Å². The molecule has 3 rings (SSSR count). The van der Waals surface area contributed by atoms with Gasteiger partial charge in [-0.1, -0.05) is 6.42 Å². The smallest absolute Gasteiger partial charge is 0.240 e. The van der Waals surface area contributed by atoms with Crippen molar-refractivity contribution in [2.24, 2.45) is 17.8 Å². The van der Waals surface area contributed by atoms with Crippen LogP contribution in [0.2, 0.25) is 0 Å². The van der Waals surface area contributed by atoms with Crippen LogP contribution in [-0.4, -0.2) is 24.0 Å². The molecule has 3 aliphatic rings. The van der Waals surface area contributed by atoms with Crippen molar-refractivity contribution in [1.29, 1.82) is 0 Å². The lowest BCUT2D eigenvalue weighted by Gasteiger charge is -2.32. The van der Waals surface area contributed by atoms with Crippen LogP contribution in [0.25, 0.3) is 0 Å². The highest BCUT2D eigenvalue weighted by Crippen LogP contribution is 2.49. The summed E-state index contributed by atoms with van der Waals surface area (Å²) >= 11 is 0. The first-order valence-electron chi connectivity index (χ1n) is 7.64. The molecule has 2 N–H and O–H groups in total. The Labute approximate surface area is 110 Å². The van der Waals surface area contributed by atoms with Crippen LogP contribution in [0.4, 0.5) is 0 Å². The van der Waals surface area contributed by atoms with E-state index in [1.54, 1.807) is 0 Å². The van der Waals surface area contributed by atoms with Gasteiger partial charge in [-0.15, -0.1) is 0 Å². The molecule has 3 fully saturated rings. The quantitative estimate of drug-likeness (QED) is 0.805. The maximum Gasteiger partial charge on any atom is 0.240 e. The molecule has 102 valence electrons. The normalized spacial score (nSPS) is 44.2. The summed E-state index contributed by atoms with van der Waals surface area (Å²) in [4.78, 5) is 12.4. The summed E-state index contributed by atoms with van der Waals surface area (Å²) in [7, 11) is 0. The van der Waals surface area contributed by atoms with Gasteiger partial charge in [-0.05, 0) is 70.3 Å². The summed E-state index contributed by atoms with van der Waals surface area (Å²) in [6, 6.07) is 0.354. The predicted octanol–water partition coefficient (Wildman–Crippen LogP) is 2.07. The van der Waals surface area contributed by atoms with Crippen molar-refractivity contribution in [2.45, 2.75) is 64.0 Å². The number of rotatable bonds is 3. The standard InChI is InChI=1S/C15H26N2O/c1-10(13-9-11-4-5-12(13)8-11)17-14(18)15(2)6-3-7-16-15/h10-13,16H,3-9H2,1-2H3,(H,17,18). The average Bonchev–Trinajstić information content (AvgIpc) is 3.04. The lowest BCUT2D eigenvalue weighted by molar-refractivity contribution is -0.127. The predicted molar refractivity (Wildman–Crippen MR) is 72.2 cm³/mol. The van der Waals surface area contributed by atoms with Crippen molar-refractivity contribution >= 4 is 5.91 Å². The lowest BCUT2D eigenvalue weighted by atomic mass is 9.83. The molecule has 2 aliphatic carbocycles. The third kappa shape index (κ3) is 2.07. The Morgan fingerprint density at radius 1 is 1.39 bits per heavy atom. The van der Waals surface area contributed by atoms with Gasteiger partial charge < -0.3 is 10.6 Å². The Balaban J connectivity index is 1.57. The van der Waals surface area contributed by atoms with Crippen molar-refractivity contribution in [3.05, 3.63) is 0 Å². The van der Waals surface area contributed by atoms with E-state index in [9.17, 15) is 4.79 Å². The van der Waals surface area contributed by atoms with Crippen molar-refractivity contribution in [3.63, 3.8) is 0 Å². The van der Waals surface area contributed by atoms with Crippen molar-refractivity contribution in [2.75, 3.05) is 6.54 Å². The van der Waals surface area contributed by atoms with E-state index < -0.39 is 0 Å². The Morgan fingerprint density at radius 2 is 2.22 bits per heavy atom. The Hall–Kier alpha value is -0.570. The van der Waals surface area contributed by atoms with Crippen LogP contribution in [0.3, 0.4) is 0 Å². The van der Waals surface area contributed by atoms with Crippen LogP contribution < -0.4 is 10.6 Å². The summed E-state index contributed by atoms with van der Waals surface area (Å²) in [6.07, 6.45) is 7.68. The van der Waals surface area contributed by atoms with Crippen LogP contribution in [0.1, 0.15) is 52.4 Å². The summed E-state index contributed by atoms with van der Waals surface area (Å²) in [6.45, 7) is 5.23. The van der Waals surface area contributed by atoms with E-state index in [1.807, 2.05) is 6.92 Å². The van der Waals surface area contributed by atoms with E-state index in [2.05, 4.69) is 17.6 Å². The second kappa shape index (κ2) is 4.52. The molecular formula is C15H26N2O. The van der Waals surface area contributed by atoms with Crippen LogP contribution in [-0.2, 0) is 4.79 Å². The topological polar surface area (TPSA) is 41.1 Å². The molecule has 18 heavy (non-hydrogen) atoms. The first-order valence-corrected chi connectivity index (χ1v) is 7.64. The van der Waals surface area contributed by atoms with Gasteiger partial charge in [0.15, 0.2) is 0 Å². The molecule has 5 atom stereocenters. The van der Waals surface area contributed by atoms with E-state index in [0.29, 0.717) is 6.04 Å². The number of nitrogens with one attached hydrogen (secondary N) is 2. The Kier molecular flexibility index (Phi) is 3.13. The number of hydrogen-bond acceptors (Lipinski definition) is 2. The molecule has 1 heterocycles. The molecule has 0 radical (unpaired) electrons. The van der Waals surface area contributed by atoms with Gasteiger partial charge in [-0.25, -0.2) is 0 Å². The molecule has 5 unspecified atom stereocenters. The van der Waals surface area contributed by atoms with Gasteiger partial charge in [0.2, 0.25) is 5.91 Å². The Morgan fingerprint density at radius 3 is 2.78 bits per heavy atom. The number of carbonyl (C=O) groups excluding carboxylic acids is 1. The zero-order valence-corrected chi connectivity index (χ0v) is 11.7. The molecule has 3 nitrogen and oxygen atoms in total. The van der Waals surface area contributed by atoms with Crippen molar-refractivity contribution in [1.82, 2.24) is 10.6 Å². The molecule has 2 bridgehead atoms. The van der Waals surface area contributed by atoms with E-state index in [1.165, 1.54) is 25.7 Å². The largest absolute Gasteiger partial charge is 0.352 e. The molecule has 0 aromatic carbocycles. The van der Waals surface area contributed by atoms with Gasteiger partial charge in [0.05, 0.1) is 5.54 Å². The molecule has 3 heteroatoms. The second-order valence-corrected chi connectivity index (χ2v) is 6.96. The van der Waals surface area contributed by atoms with Crippen molar-refractivity contribution in [3.8, 4) is 0 Å². The van der Waals surface area contributed by atoms with E-state index in [4.69, 9.17) is 0 Å². The fourth-order valence-electron chi connectivity index (χ4n) is 4.47. The minimum absolute atomic E-state index is 0.218. The summed E-state index contributed by atoms with van der Waals surface area (Å²) in [5.41, 5.74) is -0.314. The number of fused-ring (bicyclic) bond motifs is 2. The second-order valence-electron chi connectivity index (χ2n) is 6.96.